The molecule has 1 rings (SSSR count). The molecule has 104 valence electrons. The Morgan fingerprint density at radius 3 is 2.47 bits per heavy atom. The lowest BCUT2D eigenvalue weighted by atomic mass is 10.3. The molecule has 0 spiro atoms. The molecule has 0 aromatic heterocycles. The second kappa shape index (κ2) is 7.48. The zero-order valence-electron chi connectivity index (χ0n) is 11.0. The molecule has 1 atom stereocenters. The summed E-state index contributed by atoms with van der Waals surface area (Å²) in [5.41, 5.74) is 0.513. The second-order valence-electron chi connectivity index (χ2n) is 4.05. The number of anilines is 1. The van der Waals surface area contributed by atoms with E-state index >= 15 is 0 Å². The van der Waals surface area contributed by atoms with Crippen LogP contribution in [0.3, 0.4) is 0 Å². The van der Waals surface area contributed by atoms with E-state index in [4.69, 9.17) is 0 Å². The average Bonchev–Trinajstić information content (AvgIpc) is 2.39. The van der Waals surface area contributed by atoms with Crippen molar-refractivity contribution >= 4 is 17.5 Å². The summed E-state index contributed by atoms with van der Waals surface area (Å²) in [5, 5.41) is 8.05. The van der Waals surface area contributed by atoms with Gasteiger partial charge >= 0.3 is 0 Å². The molecule has 19 heavy (non-hydrogen) atoms. The summed E-state index contributed by atoms with van der Waals surface area (Å²) >= 11 is 0. The first-order chi connectivity index (χ1) is 9.02. The molecule has 0 heterocycles. The first kappa shape index (κ1) is 15.1. The molecule has 2 amide bonds. The Labute approximate surface area is 111 Å². The Bertz CT molecular complexity index is 434. The van der Waals surface area contributed by atoms with E-state index in [1.807, 2.05) is 6.92 Å². The number of likely N-dealkylation sites (N-methyl/N-ethyl adjacent to an activating group) is 1. The Balaban J connectivity index is 2.35. The molecule has 3 N–H and O–H groups in total. The van der Waals surface area contributed by atoms with Gasteiger partial charge in [-0.1, -0.05) is 0 Å². The third-order valence-electron chi connectivity index (χ3n) is 2.44. The Kier molecular flexibility index (Phi) is 5.95. The number of carbonyl (C=O) groups excluding carboxylic acids is 2. The van der Waals surface area contributed by atoms with E-state index in [1.54, 1.807) is 6.92 Å². The summed E-state index contributed by atoms with van der Waals surface area (Å²) in [7, 11) is 0. The Morgan fingerprint density at radius 2 is 1.89 bits per heavy atom. The van der Waals surface area contributed by atoms with Gasteiger partial charge in [0, 0.05) is 12.2 Å². The van der Waals surface area contributed by atoms with Gasteiger partial charge in [0.1, 0.15) is 5.82 Å². The smallest absolute Gasteiger partial charge is 0.238 e. The molecule has 0 saturated carbocycles. The standard InChI is InChI=1S/C13H18FN3O2/c1-3-15-13(19)9(2)16-8-12(18)17-11-6-4-10(14)5-7-11/h4-7,9,16H,3,8H2,1-2H3,(H,15,19)(H,17,18). The molecule has 6 heteroatoms. The molecule has 5 nitrogen and oxygen atoms in total. The lowest BCUT2D eigenvalue weighted by Gasteiger charge is -2.13. The SMILES string of the molecule is CCNC(=O)C(C)NCC(=O)Nc1ccc(F)cc1. The maximum Gasteiger partial charge on any atom is 0.238 e. The minimum Gasteiger partial charge on any atom is -0.355 e. The van der Waals surface area contributed by atoms with Gasteiger partial charge in [0.05, 0.1) is 12.6 Å². The summed E-state index contributed by atoms with van der Waals surface area (Å²) in [6.45, 7) is 4.06. The van der Waals surface area contributed by atoms with Crippen LogP contribution in [0.25, 0.3) is 0 Å². The van der Waals surface area contributed by atoms with Gasteiger partial charge in [0.15, 0.2) is 0 Å². The predicted molar refractivity (Wildman–Crippen MR) is 71.2 cm³/mol. The van der Waals surface area contributed by atoms with E-state index in [2.05, 4.69) is 16.0 Å². The number of carbonyl (C=O) groups is 2. The number of nitrogens with one attached hydrogen (secondary N) is 3. The van der Waals surface area contributed by atoms with E-state index in [9.17, 15) is 14.0 Å². The number of benzene rings is 1. The topological polar surface area (TPSA) is 70.2 Å². The molecule has 0 aliphatic heterocycles. The van der Waals surface area contributed by atoms with Gasteiger partial charge in [-0.3, -0.25) is 14.9 Å². The largest absolute Gasteiger partial charge is 0.355 e. The van der Waals surface area contributed by atoms with Crippen molar-refractivity contribution < 1.29 is 14.0 Å². The Morgan fingerprint density at radius 1 is 1.26 bits per heavy atom. The lowest BCUT2D eigenvalue weighted by molar-refractivity contribution is -0.122. The van der Waals surface area contributed by atoms with Crippen LogP contribution in [0.5, 0.6) is 0 Å². The van der Waals surface area contributed by atoms with Gasteiger partial charge in [-0.05, 0) is 38.1 Å². The number of hydrogen-bond acceptors (Lipinski definition) is 3. The zero-order chi connectivity index (χ0) is 14.3. The maximum absolute atomic E-state index is 12.7. The molecule has 0 radical (unpaired) electrons. The van der Waals surface area contributed by atoms with Crippen LogP contribution in [0.4, 0.5) is 10.1 Å². The molecule has 0 fully saturated rings. The van der Waals surface area contributed by atoms with Crippen molar-refractivity contribution in [1.82, 2.24) is 10.6 Å². The normalized spacial score (nSPS) is 11.7. The van der Waals surface area contributed by atoms with Crippen LogP contribution >= 0.6 is 0 Å². The number of halogens is 1. The van der Waals surface area contributed by atoms with Crippen molar-refractivity contribution in [1.29, 1.82) is 0 Å². The molecule has 1 aromatic rings. The third kappa shape index (κ3) is 5.48. The van der Waals surface area contributed by atoms with Crippen molar-refractivity contribution in [3.05, 3.63) is 30.1 Å². The van der Waals surface area contributed by atoms with Crippen LogP contribution in [-0.4, -0.2) is 30.9 Å². The van der Waals surface area contributed by atoms with Crippen LogP contribution < -0.4 is 16.0 Å². The second-order valence-corrected chi connectivity index (χ2v) is 4.05. The highest BCUT2D eigenvalue weighted by Gasteiger charge is 2.12. The average molecular weight is 267 g/mol. The predicted octanol–water partition coefficient (Wildman–Crippen LogP) is 0.878. The van der Waals surface area contributed by atoms with Crippen LogP contribution in [0.15, 0.2) is 24.3 Å². The van der Waals surface area contributed by atoms with Gasteiger partial charge in [0.25, 0.3) is 0 Å². The molecule has 0 aliphatic rings. The number of rotatable bonds is 6. The first-order valence-electron chi connectivity index (χ1n) is 6.09. The number of hydrogen-bond donors (Lipinski definition) is 3. The fourth-order valence-electron chi connectivity index (χ4n) is 1.40. The van der Waals surface area contributed by atoms with Gasteiger partial charge < -0.3 is 10.6 Å². The first-order valence-corrected chi connectivity index (χ1v) is 6.09. The monoisotopic (exact) mass is 267 g/mol. The van der Waals surface area contributed by atoms with Crippen molar-refractivity contribution in [2.75, 3.05) is 18.4 Å². The fourth-order valence-corrected chi connectivity index (χ4v) is 1.40. The molecule has 0 saturated heterocycles. The molecule has 1 unspecified atom stereocenters. The van der Waals surface area contributed by atoms with E-state index in [1.165, 1.54) is 24.3 Å². The summed E-state index contributed by atoms with van der Waals surface area (Å²) in [5.74, 6) is -0.805. The maximum atomic E-state index is 12.7. The zero-order valence-corrected chi connectivity index (χ0v) is 11.0. The molecule has 0 bridgehead atoms. The van der Waals surface area contributed by atoms with Gasteiger partial charge in [-0.25, -0.2) is 4.39 Å². The summed E-state index contributed by atoms with van der Waals surface area (Å²) < 4.78 is 12.7. The van der Waals surface area contributed by atoms with Gasteiger partial charge in [-0.15, -0.1) is 0 Å². The van der Waals surface area contributed by atoms with Crippen molar-refractivity contribution in [2.45, 2.75) is 19.9 Å². The fraction of sp³-hybridized carbons (Fsp3) is 0.385. The molecular weight excluding hydrogens is 249 g/mol. The van der Waals surface area contributed by atoms with Gasteiger partial charge in [0.2, 0.25) is 11.8 Å². The van der Waals surface area contributed by atoms with Crippen LogP contribution in [0.2, 0.25) is 0 Å². The van der Waals surface area contributed by atoms with Crippen molar-refractivity contribution in [2.24, 2.45) is 0 Å². The van der Waals surface area contributed by atoms with E-state index in [-0.39, 0.29) is 24.2 Å². The molecule has 1 aromatic carbocycles. The van der Waals surface area contributed by atoms with E-state index in [0.717, 1.165) is 0 Å². The summed E-state index contributed by atoms with van der Waals surface area (Å²) in [6.07, 6.45) is 0. The van der Waals surface area contributed by atoms with Crippen molar-refractivity contribution in [3.8, 4) is 0 Å². The highest BCUT2D eigenvalue weighted by Crippen LogP contribution is 2.07. The minimum absolute atomic E-state index is 0.00960. The number of amides is 2. The molecule has 0 aliphatic carbocycles. The van der Waals surface area contributed by atoms with Gasteiger partial charge in [-0.2, -0.15) is 0 Å². The summed E-state index contributed by atoms with van der Waals surface area (Å²) in [4.78, 5) is 23.0. The lowest BCUT2D eigenvalue weighted by Crippen LogP contribution is -2.44. The van der Waals surface area contributed by atoms with E-state index < -0.39 is 6.04 Å². The van der Waals surface area contributed by atoms with Crippen LogP contribution in [-0.2, 0) is 9.59 Å². The van der Waals surface area contributed by atoms with Crippen LogP contribution in [0.1, 0.15) is 13.8 Å². The van der Waals surface area contributed by atoms with Crippen molar-refractivity contribution in [3.63, 3.8) is 0 Å². The van der Waals surface area contributed by atoms with E-state index in [0.29, 0.717) is 12.2 Å². The summed E-state index contributed by atoms with van der Waals surface area (Å²) in [6, 6.07) is 5.03. The highest BCUT2D eigenvalue weighted by atomic mass is 19.1. The minimum atomic E-state index is -0.445. The third-order valence-corrected chi connectivity index (χ3v) is 2.44. The quantitative estimate of drug-likeness (QED) is 0.716. The van der Waals surface area contributed by atoms with Crippen LogP contribution in [0, 0.1) is 5.82 Å². The highest BCUT2D eigenvalue weighted by molar-refractivity contribution is 5.92. The Hall–Kier alpha value is -1.95. The molecular formula is C13H18FN3O2.